The van der Waals surface area contributed by atoms with Crippen LogP contribution in [0.2, 0.25) is 0 Å². The number of aliphatic hydroxyl groups excluding tert-OH is 1. The van der Waals surface area contributed by atoms with E-state index < -0.39 is 5.82 Å². The fourth-order valence-corrected chi connectivity index (χ4v) is 2.27. The molecule has 0 aliphatic rings. The normalized spacial score (nSPS) is 10.9. The maximum atomic E-state index is 13.8. The minimum absolute atomic E-state index is 0.0895. The van der Waals surface area contributed by atoms with Gasteiger partial charge < -0.3 is 9.84 Å². The fourth-order valence-electron chi connectivity index (χ4n) is 2.27. The molecule has 3 heteroatoms. The summed E-state index contributed by atoms with van der Waals surface area (Å²) in [5, 5.41) is 9.25. The molecule has 0 fully saturated rings. The summed E-state index contributed by atoms with van der Waals surface area (Å²) in [6.07, 6.45) is 0. The summed E-state index contributed by atoms with van der Waals surface area (Å²) in [5.74, 6) is 0.631. The first-order valence-corrected chi connectivity index (χ1v) is 6.69. The summed E-state index contributed by atoms with van der Waals surface area (Å²) in [4.78, 5) is 0. The summed E-state index contributed by atoms with van der Waals surface area (Å²) in [6, 6.07) is 10.2. The quantitative estimate of drug-likeness (QED) is 0.886. The molecule has 0 unspecified atom stereocenters. The monoisotopic (exact) mass is 274 g/mol. The van der Waals surface area contributed by atoms with Crippen molar-refractivity contribution in [3.05, 3.63) is 58.9 Å². The van der Waals surface area contributed by atoms with E-state index in [1.54, 1.807) is 12.1 Å². The smallest absolute Gasteiger partial charge is 0.168 e. The maximum absolute atomic E-state index is 13.8. The molecule has 0 aromatic heterocycles. The van der Waals surface area contributed by atoms with Crippen LogP contribution in [-0.4, -0.2) is 5.11 Å². The van der Waals surface area contributed by atoms with Crippen molar-refractivity contribution in [2.75, 3.05) is 0 Å². The van der Waals surface area contributed by atoms with Gasteiger partial charge in [0, 0.05) is 5.56 Å². The number of halogens is 1. The van der Waals surface area contributed by atoms with E-state index in [9.17, 15) is 9.50 Å². The Kier molecular flexibility index (Phi) is 4.40. The van der Waals surface area contributed by atoms with Gasteiger partial charge in [-0.1, -0.05) is 32.0 Å². The minimum Gasteiger partial charge on any atom is -0.454 e. The third kappa shape index (κ3) is 2.99. The van der Waals surface area contributed by atoms with E-state index in [0.29, 0.717) is 17.2 Å². The zero-order valence-electron chi connectivity index (χ0n) is 12.0. The van der Waals surface area contributed by atoms with Crippen molar-refractivity contribution in [2.45, 2.75) is 33.3 Å². The molecule has 0 atom stereocenters. The van der Waals surface area contributed by atoms with Crippen molar-refractivity contribution in [1.82, 2.24) is 0 Å². The molecule has 0 saturated carbocycles. The predicted molar refractivity (Wildman–Crippen MR) is 77.7 cm³/mol. The lowest BCUT2D eigenvalue weighted by Gasteiger charge is -2.14. The molecule has 2 rings (SSSR count). The van der Waals surface area contributed by atoms with E-state index in [0.717, 1.165) is 5.56 Å². The molecule has 0 saturated heterocycles. The molecule has 0 amide bonds. The summed E-state index contributed by atoms with van der Waals surface area (Å²) in [6.45, 7) is 6.01. The Balaban J connectivity index is 2.34. The second kappa shape index (κ2) is 6.06. The van der Waals surface area contributed by atoms with Crippen LogP contribution in [0.1, 0.15) is 36.5 Å². The van der Waals surface area contributed by atoms with Crippen LogP contribution in [0.5, 0.6) is 11.5 Å². The van der Waals surface area contributed by atoms with E-state index in [1.807, 2.05) is 25.1 Å². The first-order valence-electron chi connectivity index (χ1n) is 6.69. The van der Waals surface area contributed by atoms with Crippen LogP contribution in [0.25, 0.3) is 0 Å². The molecule has 1 N–H and O–H groups in total. The van der Waals surface area contributed by atoms with E-state index in [4.69, 9.17) is 4.74 Å². The van der Waals surface area contributed by atoms with Gasteiger partial charge in [-0.3, -0.25) is 0 Å². The first kappa shape index (κ1) is 14.5. The Morgan fingerprint density at radius 3 is 2.55 bits per heavy atom. The molecule has 0 aliphatic heterocycles. The maximum Gasteiger partial charge on any atom is 0.168 e. The number of para-hydroxylation sites is 1. The van der Waals surface area contributed by atoms with Crippen molar-refractivity contribution in [2.24, 2.45) is 0 Å². The van der Waals surface area contributed by atoms with Gasteiger partial charge in [0.1, 0.15) is 5.75 Å². The molecule has 0 radical (unpaired) electrons. The number of hydrogen-bond acceptors (Lipinski definition) is 2. The highest BCUT2D eigenvalue weighted by Crippen LogP contribution is 2.31. The number of hydrogen-bond donors (Lipinski definition) is 1. The van der Waals surface area contributed by atoms with Gasteiger partial charge in [0.2, 0.25) is 0 Å². The Hall–Kier alpha value is -1.87. The van der Waals surface area contributed by atoms with Crippen molar-refractivity contribution in [1.29, 1.82) is 0 Å². The molecule has 2 nitrogen and oxygen atoms in total. The zero-order chi connectivity index (χ0) is 14.7. The highest BCUT2D eigenvalue weighted by Gasteiger charge is 2.11. The van der Waals surface area contributed by atoms with Crippen molar-refractivity contribution >= 4 is 0 Å². The van der Waals surface area contributed by atoms with Gasteiger partial charge in [0.25, 0.3) is 0 Å². The van der Waals surface area contributed by atoms with Gasteiger partial charge in [0.15, 0.2) is 11.6 Å². The van der Waals surface area contributed by atoms with E-state index >= 15 is 0 Å². The van der Waals surface area contributed by atoms with Gasteiger partial charge in [-0.25, -0.2) is 4.39 Å². The highest BCUT2D eigenvalue weighted by atomic mass is 19.1. The molecule has 106 valence electrons. The van der Waals surface area contributed by atoms with E-state index in [-0.39, 0.29) is 12.4 Å². The average molecular weight is 274 g/mol. The first-order chi connectivity index (χ1) is 9.52. The fraction of sp³-hybridized carbons (Fsp3) is 0.294. The van der Waals surface area contributed by atoms with Gasteiger partial charge in [-0.15, -0.1) is 0 Å². The third-order valence-electron chi connectivity index (χ3n) is 3.30. The molecule has 0 heterocycles. The van der Waals surface area contributed by atoms with Crippen LogP contribution in [0.4, 0.5) is 4.39 Å². The minimum atomic E-state index is -0.470. The number of benzene rings is 2. The van der Waals surface area contributed by atoms with Crippen LogP contribution < -0.4 is 4.74 Å². The highest BCUT2D eigenvalue weighted by molar-refractivity contribution is 5.42. The SMILES string of the molecule is Cc1cc(Oc2c(F)cccc2CO)ccc1C(C)C. The number of rotatable bonds is 4. The Morgan fingerprint density at radius 2 is 1.95 bits per heavy atom. The second-order valence-electron chi connectivity index (χ2n) is 5.16. The number of aryl methyl sites for hydroxylation is 1. The molecular formula is C17H19FO2. The van der Waals surface area contributed by atoms with Gasteiger partial charge in [0.05, 0.1) is 6.61 Å². The molecular weight excluding hydrogens is 255 g/mol. The largest absolute Gasteiger partial charge is 0.454 e. The van der Waals surface area contributed by atoms with E-state index in [1.165, 1.54) is 11.6 Å². The zero-order valence-corrected chi connectivity index (χ0v) is 12.0. The lowest BCUT2D eigenvalue weighted by molar-refractivity contribution is 0.274. The van der Waals surface area contributed by atoms with Crippen LogP contribution in [0.15, 0.2) is 36.4 Å². The second-order valence-corrected chi connectivity index (χ2v) is 5.16. The molecule has 2 aromatic rings. The number of ether oxygens (including phenoxy) is 1. The van der Waals surface area contributed by atoms with Crippen molar-refractivity contribution in [3.63, 3.8) is 0 Å². The lowest BCUT2D eigenvalue weighted by Crippen LogP contribution is -1.97. The molecule has 20 heavy (non-hydrogen) atoms. The Bertz CT molecular complexity index is 606. The standard InChI is InChI=1S/C17H19FO2/c1-11(2)15-8-7-14(9-12(15)3)20-17-13(10-19)5-4-6-16(17)18/h4-9,11,19H,10H2,1-3H3. The van der Waals surface area contributed by atoms with Gasteiger partial charge in [-0.2, -0.15) is 0 Å². The van der Waals surface area contributed by atoms with Gasteiger partial charge >= 0.3 is 0 Å². The van der Waals surface area contributed by atoms with Crippen molar-refractivity contribution in [3.8, 4) is 11.5 Å². The van der Waals surface area contributed by atoms with Crippen molar-refractivity contribution < 1.29 is 14.2 Å². The Morgan fingerprint density at radius 1 is 1.20 bits per heavy atom. The molecule has 0 aliphatic carbocycles. The van der Waals surface area contributed by atoms with E-state index in [2.05, 4.69) is 13.8 Å². The summed E-state index contributed by atoms with van der Waals surface area (Å²) < 4.78 is 19.4. The topological polar surface area (TPSA) is 29.5 Å². The average Bonchev–Trinajstić information content (AvgIpc) is 2.40. The summed E-state index contributed by atoms with van der Waals surface area (Å²) in [5.41, 5.74) is 2.79. The Labute approximate surface area is 118 Å². The summed E-state index contributed by atoms with van der Waals surface area (Å²) in [7, 11) is 0. The van der Waals surface area contributed by atoms with Crippen LogP contribution in [0.3, 0.4) is 0 Å². The lowest BCUT2D eigenvalue weighted by atomic mass is 9.98. The molecule has 2 aromatic carbocycles. The molecule has 0 bridgehead atoms. The predicted octanol–water partition coefficient (Wildman–Crippen LogP) is 4.54. The third-order valence-corrected chi connectivity index (χ3v) is 3.30. The van der Waals surface area contributed by atoms with Crippen LogP contribution >= 0.6 is 0 Å². The van der Waals surface area contributed by atoms with Gasteiger partial charge in [-0.05, 0) is 42.2 Å². The molecule has 0 spiro atoms. The number of aliphatic hydroxyl groups is 1. The van der Waals surface area contributed by atoms with Crippen LogP contribution in [0, 0.1) is 12.7 Å². The van der Waals surface area contributed by atoms with Crippen LogP contribution in [-0.2, 0) is 6.61 Å². The summed E-state index contributed by atoms with van der Waals surface area (Å²) >= 11 is 0.